The van der Waals surface area contributed by atoms with Crippen LogP contribution in [0, 0.1) is 5.41 Å². The van der Waals surface area contributed by atoms with Gasteiger partial charge >= 0.3 is 0 Å². The molecule has 1 aromatic rings. The molecule has 114 valence electrons. The minimum absolute atomic E-state index is 0.291. The van der Waals surface area contributed by atoms with Crippen molar-refractivity contribution in [1.29, 1.82) is 0 Å². The van der Waals surface area contributed by atoms with Gasteiger partial charge in [-0.25, -0.2) is 0 Å². The van der Waals surface area contributed by atoms with Crippen LogP contribution in [0.3, 0.4) is 0 Å². The van der Waals surface area contributed by atoms with Crippen LogP contribution < -0.4 is 5.32 Å². The third-order valence-corrected chi connectivity index (χ3v) is 6.69. The van der Waals surface area contributed by atoms with Gasteiger partial charge in [-0.15, -0.1) is 11.3 Å². The molecule has 1 amide bonds. The van der Waals surface area contributed by atoms with Gasteiger partial charge in [-0.1, -0.05) is 0 Å². The number of hydrogen-bond acceptors (Lipinski definition) is 3. The summed E-state index contributed by atoms with van der Waals surface area (Å²) in [4.78, 5) is 17.4. The van der Waals surface area contributed by atoms with E-state index >= 15 is 0 Å². The molecule has 4 heteroatoms. The molecule has 1 aromatic heterocycles. The fourth-order valence-electron chi connectivity index (χ4n) is 4.35. The van der Waals surface area contributed by atoms with E-state index in [2.05, 4.69) is 16.3 Å². The number of fused-ring (bicyclic) bond motifs is 1. The van der Waals surface area contributed by atoms with Crippen molar-refractivity contribution < 1.29 is 4.79 Å². The first-order chi connectivity index (χ1) is 10.3. The van der Waals surface area contributed by atoms with Gasteiger partial charge in [-0.3, -0.25) is 4.79 Å². The number of rotatable bonds is 1. The quantitative estimate of drug-likeness (QED) is 0.865. The molecule has 3 heterocycles. The van der Waals surface area contributed by atoms with E-state index in [1.807, 2.05) is 0 Å². The molecule has 1 spiro atoms. The number of likely N-dealkylation sites (tertiary alicyclic amines) is 1. The molecular weight excluding hydrogens is 280 g/mol. The van der Waals surface area contributed by atoms with Gasteiger partial charge in [0.1, 0.15) is 0 Å². The van der Waals surface area contributed by atoms with E-state index in [9.17, 15) is 4.79 Å². The molecule has 3 nitrogen and oxygen atoms in total. The first kappa shape index (κ1) is 13.8. The van der Waals surface area contributed by atoms with Crippen LogP contribution in [0.4, 0.5) is 0 Å². The molecule has 0 bridgehead atoms. The third-order valence-electron chi connectivity index (χ3n) is 5.47. The Bertz CT molecular complexity index is 518. The molecule has 2 aliphatic heterocycles. The van der Waals surface area contributed by atoms with Crippen LogP contribution in [0.2, 0.25) is 0 Å². The molecule has 0 saturated carbocycles. The zero-order valence-electron chi connectivity index (χ0n) is 12.6. The summed E-state index contributed by atoms with van der Waals surface area (Å²) in [5.74, 6) is 0.291. The highest BCUT2D eigenvalue weighted by atomic mass is 32.1. The predicted octanol–water partition coefficient (Wildman–Crippen LogP) is 2.84. The first-order valence-corrected chi connectivity index (χ1v) is 9.19. The number of hydrogen-bond donors (Lipinski definition) is 1. The van der Waals surface area contributed by atoms with Crippen LogP contribution in [-0.2, 0) is 12.8 Å². The van der Waals surface area contributed by atoms with Crippen molar-refractivity contribution in [2.45, 2.75) is 44.9 Å². The lowest BCUT2D eigenvalue weighted by Gasteiger charge is -2.45. The van der Waals surface area contributed by atoms with Crippen molar-refractivity contribution in [2.24, 2.45) is 5.41 Å². The van der Waals surface area contributed by atoms with Gasteiger partial charge in [-0.05, 0) is 63.1 Å². The van der Waals surface area contributed by atoms with E-state index in [0.717, 1.165) is 31.1 Å². The summed E-state index contributed by atoms with van der Waals surface area (Å²) < 4.78 is 0. The largest absolute Gasteiger partial charge is 0.337 e. The maximum Gasteiger partial charge on any atom is 0.263 e. The van der Waals surface area contributed by atoms with Gasteiger partial charge < -0.3 is 10.2 Å². The number of thiophene rings is 1. The van der Waals surface area contributed by atoms with E-state index in [1.165, 1.54) is 55.4 Å². The number of aryl methyl sites for hydroxylation is 2. The highest BCUT2D eigenvalue weighted by Gasteiger charge is 2.38. The third kappa shape index (κ3) is 2.53. The molecule has 0 aromatic carbocycles. The summed E-state index contributed by atoms with van der Waals surface area (Å²) in [7, 11) is 0. The zero-order chi connectivity index (χ0) is 14.3. The Morgan fingerprint density at radius 3 is 2.95 bits per heavy atom. The minimum Gasteiger partial charge on any atom is -0.337 e. The van der Waals surface area contributed by atoms with Crippen molar-refractivity contribution in [1.82, 2.24) is 10.2 Å². The Balaban J connectivity index is 1.50. The van der Waals surface area contributed by atoms with Crippen molar-refractivity contribution >= 4 is 17.2 Å². The van der Waals surface area contributed by atoms with Crippen molar-refractivity contribution in [2.75, 3.05) is 26.2 Å². The molecule has 1 N–H and O–H groups in total. The Morgan fingerprint density at radius 2 is 2.14 bits per heavy atom. The van der Waals surface area contributed by atoms with Crippen LogP contribution in [0.5, 0.6) is 0 Å². The second kappa shape index (κ2) is 5.40. The summed E-state index contributed by atoms with van der Waals surface area (Å²) in [5, 5.41) is 3.54. The molecule has 1 atom stereocenters. The monoisotopic (exact) mass is 304 g/mol. The van der Waals surface area contributed by atoms with Crippen molar-refractivity contribution in [3.63, 3.8) is 0 Å². The molecule has 0 radical (unpaired) electrons. The Kier molecular flexibility index (Phi) is 3.54. The number of piperidine rings is 2. The molecule has 1 unspecified atom stereocenters. The second-order valence-corrected chi connectivity index (χ2v) is 8.16. The Hall–Kier alpha value is -0.870. The second-order valence-electron chi connectivity index (χ2n) is 7.02. The number of carbonyl (C=O) groups is 1. The van der Waals surface area contributed by atoms with E-state index in [-0.39, 0.29) is 0 Å². The maximum atomic E-state index is 12.8. The molecule has 2 fully saturated rings. The number of nitrogens with zero attached hydrogens (tertiary/aromatic N) is 1. The summed E-state index contributed by atoms with van der Waals surface area (Å²) >= 11 is 1.75. The predicted molar refractivity (Wildman–Crippen MR) is 86.0 cm³/mol. The summed E-state index contributed by atoms with van der Waals surface area (Å²) in [5.41, 5.74) is 1.79. The van der Waals surface area contributed by atoms with Gasteiger partial charge in [0.05, 0.1) is 4.88 Å². The summed E-state index contributed by atoms with van der Waals surface area (Å²) in [6, 6.07) is 2.18. The average molecular weight is 304 g/mol. The van der Waals surface area contributed by atoms with Gasteiger partial charge in [0.2, 0.25) is 0 Å². The highest BCUT2D eigenvalue weighted by molar-refractivity contribution is 7.14. The number of nitrogens with one attached hydrogen (secondary N) is 1. The molecule has 2 saturated heterocycles. The molecule has 3 aliphatic rings. The van der Waals surface area contributed by atoms with Crippen LogP contribution in [-0.4, -0.2) is 37.0 Å². The zero-order valence-corrected chi connectivity index (χ0v) is 13.4. The lowest BCUT2D eigenvalue weighted by Crippen LogP contribution is -2.52. The Labute approximate surface area is 130 Å². The van der Waals surface area contributed by atoms with Crippen molar-refractivity contribution in [3.05, 3.63) is 21.4 Å². The van der Waals surface area contributed by atoms with Crippen LogP contribution in [0.15, 0.2) is 6.07 Å². The molecular formula is C17H24N2OS. The summed E-state index contributed by atoms with van der Waals surface area (Å²) in [6.07, 6.45) is 8.62. The van der Waals surface area contributed by atoms with E-state index in [0.29, 0.717) is 11.3 Å². The smallest absolute Gasteiger partial charge is 0.263 e. The van der Waals surface area contributed by atoms with Crippen LogP contribution >= 0.6 is 11.3 Å². The standard InChI is InChI=1S/C17H24N2OS/c20-16(15-10-13-4-1-5-14(13)21-15)19-9-3-7-17(12-19)6-2-8-18-11-17/h10,18H,1-9,11-12H2. The lowest BCUT2D eigenvalue weighted by molar-refractivity contribution is 0.0438. The molecule has 1 aliphatic carbocycles. The molecule has 21 heavy (non-hydrogen) atoms. The Morgan fingerprint density at radius 1 is 1.24 bits per heavy atom. The van der Waals surface area contributed by atoms with Gasteiger partial charge in [0.15, 0.2) is 0 Å². The van der Waals surface area contributed by atoms with E-state index in [4.69, 9.17) is 0 Å². The normalized spacial score (nSPS) is 28.9. The van der Waals surface area contributed by atoms with E-state index in [1.54, 1.807) is 11.3 Å². The maximum absolute atomic E-state index is 12.8. The highest BCUT2D eigenvalue weighted by Crippen LogP contribution is 2.37. The molecule has 4 rings (SSSR count). The van der Waals surface area contributed by atoms with Gasteiger partial charge in [0.25, 0.3) is 5.91 Å². The first-order valence-electron chi connectivity index (χ1n) is 8.37. The van der Waals surface area contributed by atoms with Crippen LogP contribution in [0.25, 0.3) is 0 Å². The fraction of sp³-hybridized carbons (Fsp3) is 0.706. The van der Waals surface area contributed by atoms with E-state index < -0.39 is 0 Å². The average Bonchev–Trinajstić information content (AvgIpc) is 3.08. The topological polar surface area (TPSA) is 32.3 Å². The number of amides is 1. The van der Waals surface area contributed by atoms with Gasteiger partial charge in [-0.2, -0.15) is 0 Å². The van der Waals surface area contributed by atoms with Crippen LogP contribution in [0.1, 0.15) is 52.2 Å². The summed E-state index contributed by atoms with van der Waals surface area (Å²) in [6.45, 7) is 4.15. The SMILES string of the molecule is O=C(c1cc2c(s1)CCC2)N1CCCC2(CCCNC2)C1. The minimum atomic E-state index is 0.291. The lowest BCUT2D eigenvalue weighted by atomic mass is 9.74. The van der Waals surface area contributed by atoms with Gasteiger partial charge in [0, 0.05) is 29.9 Å². The number of carbonyl (C=O) groups excluding carboxylic acids is 1. The van der Waals surface area contributed by atoms with Crippen molar-refractivity contribution in [3.8, 4) is 0 Å². The fourth-order valence-corrected chi connectivity index (χ4v) is 5.57.